The summed E-state index contributed by atoms with van der Waals surface area (Å²) in [5.41, 5.74) is -1.32. The lowest BCUT2D eigenvalue weighted by atomic mass is 10.3. The molecule has 8 nitrogen and oxygen atoms in total. The average molecular weight is 477 g/mol. The van der Waals surface area contributed by atoms with Crippen molar-refractivity contribution in [2.75, 3.05) is 5.32 Å². The molecule has 3 aromatic heterocycles. The second kappa shape index (κ2) is 8.79. The van der Waals surface area contributed by atoms with Crippen LogP contribution >= 0.6 is 11.6 Å². The molecule has 0 unspecified atom stereocenters. The molecule has 0 aliphatic heterocycles. The SMILES string of the molecule is O=C(Nc1ccc(Oc2cnn(-c3ccc(C(F)(F)F)cn3)c(=O)c2Cl)cc1)c1ccco1. The van der Waals surface area contributed by atoms with E-state index in [1.165, 1.54) is 24.5 Å². The van der Waals surface area contributed by atoms with Crippen molar-refractivity contribution in [1.82, 2.24) is 14.8 Å². The van der Waals surface area contributed by atoms with Gasteiger partial charge in [-0.2, -0.15) is 23.0 Å². The molecule has 0 bridgehead atoms. The van der Waals surface area contributed by atoms with Crippen molar-refractivity contribution in [3.63, 3.8) is 0 Å². The first kappa shape index (κ1) is 22.1. The van der Waals surface area contributed by atoms with E-state index >= 15 is 0 Å². The van der Waals surface area contributed by atoms with Gasteiger partial charge in [0.25, 0.3) is 11.5 Å². The number of rotatable bonds is 5. The van der Waals surface area contributed by atoms with Gasteiger partial charge in [0.1, 0.15) is 5.75 Å². The molecule has 0 fully saturated rings. The molecule has 1 amide bonds. The molecule has 0 saturated heterocycles. The van der Waals surface area contributed by atoms with E-state index in [2.05, 4.69) is 15.4 Å². The fraction of sp³-hybridized carbons (Fsp3) is 0.0476. The van der Waals surface area contributed by atoms with E-state index in [1.54, 1.807) is 18.2 Å². The Kier molecular flexibility index (Phi) is 5.88. The summed E-state index contributed by atoms with van der Waals surface area (Å²) in [4.78, 5) is 28.1. The lowest BCUT2D eigenvalue weighted by Gasteiger charge is -2.11. The lowest BCUT2D eigenvalue weighted by Crippen LogP contribution is -2.23. The van der Waals surface area contributed by atoms with Crippen molar-refractivity contribution < 1.29 is 27.1 Å². The molecule has 0 saturated carbocycles. The zero-order valence-corrected chi connectivity index (χ0v) is 17.1. The van der Waals surface area contributed by atoms with Crippen molar-refractivity contribution in [3.05, 3.63) is 93.9 Å². The van der Waals surface area contributed by atoms with Gasteiger partial charge >= 0.3 is 6.18 Å². The number of alkyl halides is 3. The summed E-state index contributed by atoms with van der Waals surface area (Å²) in [7, 11) is 0. The van der Waals surface area contributed by atoms with E-state index in [9.17, 15) is 22.8 Å². The van der Waals surface area contributed by atoms with Crippen LogP contribution in [0.3, 0.4) is 0 Å². The molecule has 4 rings (SSSR count). The summed E-state index contributed by atoms with van der Waals surface area (Å²) in [6.45, 7) is 0. The molecule has 3 heterocycles. The van der Waals surface area contributed by atoms with Crippen LogP contribution in [0.25, 0.3) is 5.82 Å². The van der Waals surface area contributed by atoms with Gasteiger partial charge in [0.2, 0.25) is 0 Å². The molecule has 1 aromatic carbocycles. The van der Waals surface area contributed by atoms with Gasteiger partial charge in [-0.05, 0) is 48.5 Å². The van der Waals surface area contributed by atoms with Crippen molar-refractivity contribution in [1.29, 1.82) is 0 Å². The average Bonchev–Trinajstić information content (AvgIpc) is 3.33. The summed E-state index contributed by atoms with van der Waals surface area (Å²) < 4.78 is 49.4. The highest BCUT2D eigenvalue weighted by atomic mass is 35.5. The van der Waals surface area contributed by atoms with Gasteiger partial charge in [-0.15, -0.1) is 0 Å². The summed E-state index contributed by atoms with van der Waals surface area (Å²) >= 11 is 6.09. The third-order valence-corrected chi connectivity index (χ3v) is 4.61. The molecule has 33 heavy (non-hydrogen) atoms. The number of anilines is 1. The van der Waals surface area contributed by atoms with Crippen LogP contribution in [0, 0.1) is 0 Å². The Bertz CT molecular complexity index is 1340. The zero-order valence-electron chi connectivity index (χ0n) is 16.3. The first-order valence-corrected chi connectivity index (χ1v) is 9.54. The van der Waals surface area contributed by atoms with Crippen LogP contribution in [0.1, 0.15) is 16.1 Å². The van der Waals surface area contributed by atoms with Crippen LogP contribution in [0.15, 0.2) is 76.4 Å². The summed E-state index contributed by atoms with van der Waals surface area (Å²) in [5, 5.41) is 6.16. The minimum Gasteiger partial charge on any atom is -0.459 e. The topological polar surface area (TPSA) is 99.2 Å². The monoisotopic (exact) mass is 476 g/mol. The van der Waals surface area contributed by atoms with Crippen molar-refractivity contribution in [2.45, 2.75) is 6.18 Å². The van der Waals surface area contributed by atoms with Crippen LogP contribution in [0.4, 0.5) is 18.9 Å². The highest BCUT2D eigenvalue weighted by Gasteiger charge is 2.30. The number of furan rings is 1. The minimum absolute atomic E-state index is 0.0720. The zero-order chi connectivity index (χ0) is 23.6. The Morgan fingerprint density at radius 3 is 2.45 bits per heavy atom. The molecule has 0 atom stereocenters. The fourth-order valence-electron chi connectivity index (χ4n) is 2.66. The Hall–Kier alpha value is -4.12. The highest BCUT2D eigenvalue weighted by Crippen LogP contribution is 2.29. The van der Waals surface area contributed by atoms with Crippen LogP contribution in [0.2, 0.25) is 5.02 Å². The van der Waals surface area contributed by atoms with Crippen molar-refractivity contribution >= 4 is 23.2 Å². The maximum Gasteiger partial charge on any atom is 0.417 e. The van der Waals surface area contributed by atoms with E-state index < -0.39 is 23.2 Å². The number of benzene rings is 1. The Balaban J connectivity index is 1.49. The van der Waals surface area contributed by atoms with E-state index in [1.807, 2.05) is 0 Å². The number of hydrogen-bond donors (Lipinski definition) is 1. The van der Waals surface area contributed by atoms with Crippen LogP contribution < -0.4 is 15.6 Å². The number of halogens is 4. The molecular weight excluding hydrogens is 465 g/mol. The molecule has 12 heteroatoms. The molecule has 1 N–H and O–H groups in total. The van der Waals surface area contributed by atoms with Gasteiger partial charge in [-0.25, -0.2) is 4.98 Å². The fourth-order valence-corrected chi connectivity index (χ4v) is 2.83. The maximum atomic E-state index is 12.7. The van der Waals surface area contributed by atoms with Crippen LogP contribution in [-0.4, -0.2) is 20.7 Å². The standard InChI is InChI=1S/C21H12ClF3N4O4/c22-18-16(11-27-29(20(18)31)17-8-3-12(10-26-17)21(23,24)25)33-14-6-4-13(5-7-14)28-19(30)15-2-1-9-32-15/h1-11H,(H,28,30). The molecular formula is C21H12ClF3N4O4. The summed E-state index contributed by atoms with van der Waals surface area (Å²) in [5.74, 6) is -0.201. The van der Waals surface area contributed by atoms with Gasteiger partial charge in [0.15, 0.2) is 22.4 Å². The lowest BCUT2D eigenvalue weighted by molar-refractivity contribution is -0.137. The molecule has 168 valence electrons. The number of carbonyl (C=O) groups is 1. The van der Waals surface area contributed by atoms with E-state index in [-0.39, 0.29) is 22.4 Å². The first-order valence-electron chi connectivity index (χ1n) is 9.16. The number of ether oxygens (including phenoxy) is 1. The smallest absolute Gasteiger partial charge is 0.417 e. The van der Waals surface area contributed by atoms with Gasteiger partial charge in [-0.3, -0.25) is 9.59 Å². The highest BCUT2D eigenvalue weighted by molar-refractivity contribution is 6.31. The third kappa shape index (κ3) is 4.88. The quantitative estimate of drug-likeness (QED) is 0.438. The Morgan fingerprint density at radius 1 is 1.09 bits per heavy atom. The Labute approximate surface area is 188 Å². The van der Waals surface area contributed by atoms with E-state index in [0.29, 0.717) is 17.6 Å². The van der Waals surface area contributed by atoms with E-state index in [4.69, 9.17) is 20.8 Å². The van der Waals surface area contributed by atoms with Gasteiger partial charge < -0.3 is 14.5 Å². The molecule has 4 aromatic rings. The number of amides is 1. The van der Waals surface area contributed by atoms with Crippen LogP contribution in [0.5, 0.6) is 11.5 Å². The number of pyridine rings is 1. The maximum absolute atomic E-state index is 12.7. The predicted molar refractivity (Wildman–Crippen MR) is 111 cm³/mol. The first-order chi connectivity index (χ1) is 15.7. The third-order valence-electron chi connectivity index (χ3n) is 4.26. The van der Waals surface area contributed by atoms with Crippen molar-refractivity contribution in [3.8, 4) is 17.3 Å². The molecule has 0 aliphatic carbocycles. The minimum atomic E-state index is -4.56. The van der Waals surface area contributed by atoms with Gasteiger partial charge in [-0.1, -0.05) is 11.6 Å². The summed E-state index contributed by atoms with van der Waals surface area (Å²) in [6.07, 6.45) is -1.45. The molecule has 0 radical (unpaired) electrons. The number of nitrogens with one attached hydrogen (secondary N) is 1. The molecule has 0 aliphatic rings. The second-order valence-corrected chi connectivity index (χ2v) is 6.88. The Morgan fingerprint density at radius 2 is 1.85 bits per heavy atom. The van der Waals surface area contributed by atoms with E-state index in [0.717, 1.165) is 23.0 Å². The van der Waals surface area contributed by atoms with Crippen LogP contribution in [-0.2, 0) is 6.18 Å². The number of carbonyl (C=O) groups excluding carboxylic acids is 1. The predicted octanol–water partition coefficient (Wildman–Crippen LogP) is 4.94. The number of aromatic nitrogens is 3. The largest absolute Gasteiger partial charge is 0.459 e. The normalized spacial score (nSPS) is 11.3. The van der Waals surface area contributed by atoms with Crippen molar-refractivity contribution in [2.24, 2.45) is 0 Å². The number of hydrogen-bond acceptors (Lipinski definition) is 6. The van der Waals surface area contributed by atoms with Gasteiger partial charge in [0, 0.05) is 11.9 Å². The number of nitrogens with zero attached hydrogens (tertiary/aromatic N) is 3. The molecule has 0 spiro atoms. The van der Waals surface area contributed by atoms with Gasteiger partial charge in [0.05, 0.1) is 18.0 Å². The second-order valence-electron chi connectivity index (χ2n) is 6.50. The summed E-state index contributed by atoms with van der Waals surface area (Å²) in [6, 6.07) is 11.1.